The van der Waals surface area contributed by atoms with E-state index in [1.54, 1.807) is 0 Å². The summed E-state index contributed by atoms with van der Waals surface area (Å²) in [6.45, 7) is 4.76. The third-order valence-electron chi connectivity index (χ3n) is 2.69. The predicted octanol–water partition coefficient (Wildman–Crippen LogP) is 1.65. The SMILES string of the molecule is CCC(CN)n1cnc2cc(C)cnc21. The average molecular weight is 204 g/mol. The van der Waals surface area contributed by atoms with E-state index in [0.29, 0.717) is 12.6 Å². The molecule has 15 heavy (non-hydrogen) atoms. The number of nitrogens with zero attached hydrogens (tertiary/aromatic N) is 3. The fraction of sp³-hybridized carbons (Fsp3) is 0.455. The number of aryl methyl sites for hydroxylation is 1. The topological polar surface area (TPSA) is 56.7 Å². The van der Waals surface area contributed by atoms with Gasteiger partial charge in [-0.05, 0) is 25.0 Å². The smallest absolute Gasteiger partial charge is 0.160 e. The fourth-order valence-corrected chi connectivity index (χ4v) is 1.76. The van der Waals surface area contributed by atoms with E-state index in [4.69, 9.17) is 5.73 Å². The molecular formula is C11H16N4. The molecule has 0 saturated heterocycles. The number of hydrogen-bond donors (Lipinski definition) is 1. The zero-order chi connectivity index (χ0) is 10.8. The van der Waals surface area contributed by atoms with Crippen LogP contribution >= 0.6 is 0 Å². The van der Waals surface area contributed by atoms with Gasteiger partial charge in [0.25, 0.3) is 0 Å². The predicted molar refractivity (Wildman–Crippen MR) is 60.6 cm³/mol. The largest absolute Gasteiger partial charge is 0.328 e. The fourth-order valence-electron chi connectivity index (χ4n) is 1.76. The molecule has 4 heteroatoms. The zero-order valence-electron chi connectivity index (χ0n) is 9.14. The van der Waals surface area contributed by atoms with Gasteiger partial charge in [-0.3, -0.25) is 0 Å². The molecule has 0 amide bonds. The molecule has 0 aromatic carbocycles. The van der Waals surface area contributed by atoms with E-state index in [-0.39, 0.29) is 0 Å². The van der Waals surface area contributed by atoms with Crippen molar-refractivity contribution in [2.75, 3.05) is 6.54 Å². The van der Waals surface area contributed by atoms with Crippen LogP contribution in [-0.2, 0) is 0 Å². The molecule has 2 aromatic rings. The van der Waals surface area contributed by atoms with E-state index < -0.39 is 0 Å². The Morgan fingerprint density at radius 1 is 1.47 bits per heavy atom. The van der Waals surface area contributed by atoms with E-state index in [2.05, 4.69) is 21.5 Å². The Bertz CT molecular complexity index is 457. The lowest BCUT2D eigenvalue weighted by Gasteiger charge is -2.14. The molecule has 0 aliphatic heterocycles. The highest BCUT2D eigenvalue weighted by Crippen LogP contribution is 2.17. The van der Waals surface area contributed by atoms with E-state index in [0.717, 1.165) is 23.1 Å². The van der Waals surface area contributed by atoms with Crippen molar-refractivity contribution in [3.8, 4) is 0 Å². The minimum Gasteiger partial charge on any atom is -0.328 e. The first kappa shape index (κ1) is 10.1. The summed E-state index contributed by atoms with van der Waals surface area (Å²) in [6.07, 6.45) is 4.69. The molecule has 2 heterocycles. The van der Waals surface area contributed by atoms with Gasteiger partial charge in [-0.25, -0.2) is 9.97 Å². The molecule has 2 N–H and O–H groups in total. The quantitative estimate of drug-likeness (QED) is 0.827. The Hall–Kier alpha value is -1.42. The molecule has 0 saturated carbocycles. The zero-order valence-corrected chi connectivity index (χ0v) is 9.14. The van der Waals surface area contributed by atoms with Crippen LogP contribution in [0.5, 0.6) is 0 Å². The van der Waals surface area contributed by atoms with Gasteiger partial charge in [0.15, 0.2) is 5.65 Å². The molecule has 1 atom stereocenters. The van der Waals surface area contributed by atoms with Crippen LogP contribution in [0.1, 0.15) is 24.9 Å². The van der Waals surface area contributed by atoms with Crippen molar-refractivity contribution in [3.63, 3.8) is 0 Å². The first-order chi connectivity index (χ1) is 7.26. The Morgan fingerprint density at radius 3 is 2.93 bits per heavy atom. The van der Waals surface area contributed by atoms with Crippen LogP contribution in [0.4, 0.5) is 0 Å². The molecule has 2 rings (SSSR count). The summed E-state index contributed by atoms with van der Waals surface area (Å²) in [6, 6.07) is 2.34. The maximum atomic E-state index is 5.72. The lowest BCUT2D eigenvalue weighted by atomic mass is 10.2. The first-order valence-corrected chi connectivity index (χ1v) is 5.25. The van der Waals surface area contributed by atoms with E-state index in [1.165, 1.54) is 0 Å². The number of aromatic nitrogens is 3. The molecule has 0 radical (unpaired) electrons. The Labute approximate surface area is 89.1 Å². The second-order valence-corrected chi connectivity index (χ2v) is 3.81. The number of fused-ring (bicyclic) bond motifs is 1. The molecule has 1 unspecified atom stereocenters. The summed E-state index contributed by atoms with van der Waals surface area (Å²) >= 11 is 0. The van der Waals surface area contributed by atoms with Crippen LogP contribution in [0.3, 0.4) is 0 Å². The number of pyridine rings is 1. The normalized spacial score (nSPS) is 13.3. The molecule has 0 bridgehead atoms. The molecule has 0 aliphatic carbocycles. The third-order valence-corrected chi connectivity index (χ3v) is 2.69. The molecule has 2 aromatic heterocycles. The molecule has 0 fully saturated rings. The van der Waals surface area contributed by atoms with Gasteiger partial charge >= 0.3 is 0 Å². The number of imidazole rings is 1. The van der Waals surface area contributed by atoms with Gasteiger partial charge in [-0.1, -0.05) is 6.92 Å². The second-order valence-electron chi connectivity index (χ2n) is 3.81. The first-order valence-electron chi connectivity index (χ1n) is 5.25. The van der Waals surface area contributed by atoms with E-state index in [9.17, 15) is 0 Å². The van der Waals surface area contributed by atoms with Crippen molar-refractivity contribution in [1.82, 2.24) is 14.5 Å². The van der Waals surface area contributed by atoms with Crippen LogP contribution in [0.2, 0.25) is 0 Å². The maximum Gasteiger partial charge on any atom is 0.160 e. The highest BCUT2D eigenvalue weighted by atomic mass is 15.1. The van der Waals surface area contributed by atoms with Gasteiger partial charge in [0.05, 0.1) is 6.33 Å². The number of hydrogen-bond acceptors (Lipinski definition) is 3. The van der Waals surface area contributed by atoms with Crippen molar-refractivity contribution < 1.29 is 0 Å². The Balaban J connectivity index is 2.53. The summed E-state index contributed by atoms with van der Waals surface area (Å²) < 4.78 is 2.06. The van der Waals surface area contributed by atoms with Crippen molar-refractivity contribution in [2.45, 2.75) is 26.3 Å². The number of rotatable bonds is 3. The Morgan fingerprint density at radius 2 is 2.27 bits per heavy atom. The molecule has 80 valence electrons. The standard InChI is InChI=1S/C11H16N4/c1-3-9(5-12)15-7-14-10-4-8(2)6-13-11(10)15/h4,6-7,9H,3,5,12H2,1-2H3. The monoisotopic (exact) mass is 204 g/mol. The Kier molecular flexibility index (Phi) is 2.68. The molecular weight excluding hydrogens is 188 g/mol. The highest BCUT2D eigenvalue weighted by molar-refractivity contribution is 5.71. The van der Waals surface area contributed by atoms with Crippen molar-refractivity contribution in [3.05, 3.63) is 24.2 Å². The van der Waals surface area contributed by atoms with Crippen molar-refractivity contribution in [2.24, 2.45) is 5.73 Å². The van der Waals surface area contributed by atoms with Gasteiger partial charge in [-0.15, -0.1) is 0 Å². The van der Waals surface area contributed by atoms with Crippen LogP contribution in [0.25, 0.3) is 11.2 Å². The summed E-state index contributed by atoms with van der Waals surface area (Å²) in [5.41, 5.74) is 8.73. The minimum atomic E-state index is 0.296. The van der Waals surface area contributed by atoms with Crippen LogP contribution in [-0.4, -0.2) is 21.1 Å². The average Bonchev–Trinajstić information content (AvgIpc) is 2.63. The van der Waals surface area contributed by atoms with Crippen LogP contribution in [0.15, 0.2) is 18.6 Å². The summed E-state index contributed by atoms with van der Waals surface area (Å²) in [5.74, 6) is 0. The highest BCUT2D eigenvalue weighted by Gasteiger charge is 2.11. The maximum absolute atomic E-state index is 5.72. The van der Waals surface area contributed by atoms with Crippen LogP contribution < -0.4 is 5.73 Å². The van der Waals surface area contributed by atoms with Gasteiger partial charge in [-0.2, -0.15) is 0 Å². The van der Waals surface area contributed by atoms with Crippen molar-refractivity contribution >= 4 is 11.2 Å². The summed E-state index contributed by atoms with van der Waals surface area (Å²) in [4.78, 5) is 8.74. The lowest BCUT2D eigenvalue weighted by Crippen LogP contribution is -2.18. The second kappa shape index (κ2) is 3.98. The molecule has 4 nitrogen and oxygen atoms in total. The van der Waals surface area contributed by atoms with Gasteiger partial charge in [0.1, 0.15) is 5.52 Å². The lowest BCUT2D eigenvalue weighted by molar-refractivity contribution is 0.505. The van der Waals surface area contributed by atoms with Gasteiger partial charge in [0.2, 0.25) is 0 Å². The van der Waals surface area contributed by atoms with Gasteiger partial charge < -0.3 is 10.3 Å². The summed E-state index contributed by atoms with van der Waals surface area (Å²) in [5, 5.41) is 0. The minimum absolute atomic E-state index is 0.296. The van der Waals surface area contributed by atoms with Gasteiger partial charge in [0, 0.05) is 18.8 Å². The molecule has 0 aliphatic rings. The van der Waals surface area contributed by atoms with Crippen molar-refractivity contribution in [1.29, 1.82) is 0 Å². The van der Waals surface area contributed by atoms with E-state index in [1.807, 2.05) is 25.5 Å². The third kappa shape index (κ3) is 1.72. The van der Waals surface area contributed by atoms with E-state index >= 15 is 0 Å². The number of nitrogens with two attached hydrogens (primary N) is 1. The summed E-state index contributed by atoms with van der Waals surface area (Å²) in [7, 11) is 0. The van der Waals surface area contributed by atoms with Crippen LogP contribution in [0, 0.1) is 6.92 Å². The molecule has 0 spiro atoms.